The van der Waals surface area contributed by atoms with Crippen molar-refractivity contribution in [1.82, 2.24) is 5.32 Å². The third-order valence-corrected chi connectivity index (χ3v) is 4.31. The first-order valence-electron chi connectivity index (χ1n) is 9.18. The molecule has 0 fully saturated rings. The van der Waals surface area contributed by atoms with Crippen LogP contribution in [0.25, 0.3) is 0 Å². The number of rotatable bonds is 8. The monoisotopic (exact) mass is 407 g/mol. The van der Waals surface area contributed by atoms with E-state index in [-0.39, 0.29) is 24.2 Å². The Labute approximate surface area is 172 Å². The maximum absolute atomic E-state index is 12.4. The first kappa shape index (κ1) is 21.0. The van der Waals surface area contributed by atoms with Crippen molar-refractivity contribution >= 4 is 11.6 Å². The highest BCUT2D eigenvalue weighted by atomic mass is 19.3. The van der Waals surface area contributed by atoms with Crippen LogP contribution in [0.4, 0.5) is 14.5 Å². The van der Waals surface area contributed by atoms with Crippen molar-refractivity contribution < 1.29 is 18.3 Å². The van der Waals surface area contributed by atoms with Gasteiger partial charge in [-0.3, -0.25) is 10.1 Å². The molecule has 1 atom stereocenters. The van der Waals surface area contributed by atoms with E-state index < -0.39 is 6.61 Å². The lowest BCUT2D eigenvalue weighted by Gasteiger charge is -2.20. The maximum Gasteiger partial charge on any atom is 0.387 e. The van der Waals surface area contributed by atoms with Gasteiger partial charge in [0.25, 0.3) is 0 Å². The van der Waals surface area contributed by atoms with E-state index in [9.17, 15) is 13.6 Å². The zero-order valence-corrected chi connectivity index (χ0v) is 15.9. The molecule has 0 aliphatic heterocycles. The lowest BCUT2D eigenvalue weighted by atomic mass is 9.98. The molecule has 0 aliphatic carbocycles. The number of carbonyl (C=O) groups is 1. The van der Waals surface area contributed by atoms with Crippen LogP contribution < -0.4 is 15.4 Å². The average Bonchev–Trinajstić information content (AvgIpc) is 2.75. The fraction of sp³-hybridized carbons (Fsp3) is 0.130. The Morgan fingerprint density at radius 3 is 2.33 bits per heavy atom. The molecular weight excluding hydrogens is 388 g/mol. The van der Waals surface area contributed by atoms with E-state index in [0.717, 1.165) is 11.1 Å². The largest absolute Gasteiger partial charge is 0.435 e. The molecule has 0 aromatic heterocycles. The minimum Gasteiger partial charge on any atom is -0.435 e. The number of halogens is 2. The van der Waals surface area contributed by atoms with Crippen LogP contribution in [0, 0.1) is 11.3 Å². The highest BCUT2D eigenvalue weighted by molar-refractivity contribution is 5.92. The summed E-state index contributed by atoms with van der Waals surface area (Å²) < 4.78 is 29.2. The second kappa shape index (κ2) is 10.1. The van der Waals surface area contributed by atoms with Crippen molar-refractivity contribution in [1.29, 1.82) is 5.26 Å². The van der Waals surface area contributed by atoms with Gasteiger partial charge in [0.05, 0.1) is 24.2 Å². The van der Waals surface area contributed by atoms with Crippen LogP contribution in [-0.4, -0.2) is 19.1 Å². The molecule has 5 nitrogen and oxygen atoms in total. The zero-order valence-electron chi connectivity index (χ0n) is 15.9. The molecule has 1 amide bonds. The number of nitrogens with one attached hydrogen (secondary N) is 2. The quantitative estimate of drug-likeness (QED) is 0.578. The predicted octanol–water partition coefficient (Wildman–Crippen LogP) is 4.48. The Kier molecular flexibility index (Phi) is 7.09. The van der Waals surface area contributed by atoms with Crippen molar-refractivity contribution in [3.63, 3.8) is 0 Å². The standard InChI is InChI=1S/C23H19F2N3O2/c24-23(25)30-20-11-9-18(10-12-20)22(17-6-2-1-3-7-17)27-15-21(29)28-19-8-4-5-16(13-19)14-26/h1-13,22-23,27H,15H2,(H,28,29)/t22-/m0/s1. The molecule has 0 heterocycles. The third-order valence-electron chi connectivity index (χ3n) is 4.31. The molecule has 0 spiro atoms. The molecule has 3 aromatic carbocycles. The van der Waals surface area contributed by atoms with Crippen LogP contribution in [0.5, 0.6) is 5.75 Å². The number of nitriles is 1. The topological polar surface area (TPSA) is 74.2 Å². The van der Waals surface area contributed by atoms with Gasteiger partial charge in [-0.1, -0.05) is 48.5 Å². The lowest BCUT2D eigenvalue weighted by Crippen LogP contribution is -2.31. The third kappa shape index (κ3) is 5.87. The van der Waals surface area contributed by atoms with E-state index in [1.807, 2.05) is 36.4 Å². The number of amides is 1. The van der Waals surface area contributed by atoms with Gasteiger partial charge in [0.2, 0.25) is 5.91 Å². The van der Waals surface area contributed by atoms with Gasteiger partial charge in [-0.15, -0.1) is 0 Å². The summed E-state index contributed by atoms with van der Waals surface area (Å²) >= 11 is 0. The Hall–Kier alpha value is -3.76. The summed E-state index contributed by atoms with van der Waals surface area (Å²) in [5.74, 6) is -0.209. The van der Waals surface area contributed by atoms with Crippen LogP contribution in [0.2, 0.25) is 0 Å². The predicted molar refractivity (Wildman–Crippen MR) is 109 cm³/mol. The van der Waals surface area contributed by atoms with Crippen molar-refractivity contribution in [3.8, 4) is 11.8 Å². The van der Waals surface area contributed by atoms with E-state index in [1.165, 1.54) is 12.1 Å². The summed E-state index contributed by atoms with van der Waals surface area (Å²) in [4.78, 5) is 12.4. The number of ether oxygens (including phenoxy) is 1. The van der Waals surface area contributed by atoms with Gasteiger partial charge in [-0.05, 0) is 41.5 Å². The molecule has 7 heteroatoms. The van der Waals surface area contributed by atoms with Gasteiger partial charge >= 0.3 is 6.61 Å². The van der Waals surface area contributed by atoms with Crippen LogP contribution in [0.3, 0.4) is 0 Å². The fourth-order valence-corrected chi connectivity index (χ4v) is 2.98. The minimum absolute atomic E-state index is 0.00558. The highest BCUT2D eigenvalue weighted by Gasteiger charge is 2.16. The van der Waals surface area contributed by atoms with E-state index >= 15 is 0 Å². The van der Waals surface area contributed by atoms with E-state index in [2.05, 4.69) is 15.4 Å². The summed E-state index contributed by atoms with van der Waals surface area (Å²) in [6.07, 6.45) is 0. The van der Waals surface area contributed by atoms with Crippen molar-refractivity contribution in [2.75, 3.05) is 11.9 Å². The maximum atomic E-state index is 12.4. The first-order valence-corrected chi connectivity index (χ1v) is 9.18. The van der Waals surface area contributed by atoms with Gasteiger partial charge in [-0.2, -0.15) is 14.0 Å². The number of alkyl halides is 2. The van der Waals surface area contributed by atoms with Crippen molar-refractivity contribution in [3.05, 3.63) is 95.6 Å². The van der Waals surface area contributed by atoms with Gasteiger partial charge < -0.3 is 10.1 Å². The molecule has 0 unspecified atom stereocenters. The Balaban J connectivity index is 1.72. The molecule has 0 saturated heterocycles. The van der Waals surface area contributed by atoms with E-state index in [4.69, 9.17) is 5.26 Å². The summed E-state index contributed by atoms with van der Waals surface area (Å²) in [7, 11) is 0. The highest BCUT2D eigenvalue weighted by Crippen LogP contribution is 2.24. The van der Waals surface area contributed by atoms with Crippen LogP contribution in [0.1, 0.15) is 22.7 Å². The van der Waals surface area contributed by atoms with E-state index in [0.29, 0.717) is 11.3 Å². The Morgan fingerprint density at radius 2 is 1.67 bits per heavy atom. The molecule has 30 heavy (non-hydrogen) atoms. The molecule has 0 bridgehead atoms. The lowest BCUT2D eigenvalue weighted by molar-refractivity contribution is -0.115. The number of carbonyl (C=O) groups excluding carboxylic acids is 1. The molecule has 152 valence electrons. The van der Waals surface area contributed by atoms with Gasteiger partial charge in [0.15, 0.2) is 0 Å². The van der Waals surface area contributed by atoms with Crippen molar-refractivity contribution in [2.45, 2.75) is 12.7 Å². The molecular formula is C23H19F2N3O2. The molecule has 2 N–H and O–H groups in total. The van der Waals surface area contributed by atoms with E-state index in [1.54, 1.807) is 36.4 Å². The molecule has 0 aliphatic rings. The smallest absolute Gasteiger partial charge is 0.387 e. The number of nitrogens with zero attached hydrogens (tertiary/aromatic N) is 1. The second-order valence-electron chi connectivity index (χ2n) is 6.41. The SMILES string of the molecule is N#Cc1cccc(NC(=O)CN[C@@H](c2ccccc2)c2ccc(OC(F)F)cc2)c1. The number of benzene rings is 3. The average molecular weight is 407 g/mol. The van der Waals surface area contributed by atoms with Crippen molar-refractivity contribution in [2.24, 2.45) is 0 Å². The summed E-state index contributed by atoms with van der Waals surface area (Å²) in [6, 6.07) is 24.1. The molecule has 0 radical (unpaired) electrons. The van der Waals surface area contributed by atoms with Gasteiger partial charge in [0.1, 0.15) is 5.75 Å². The molecule has 3 rings (SSSR count). The summed E-state index contributed by atoms with van der Waals surface area (Å²) in [5.41, 5.74) is 2.70. The first-order chi connectivity index (χ1) is 14.5. The van der Waals surface area contributed by atoms with Gasteiger partial charge in [-0.25, -0.2) is 0 Å². The minimum atomic E-state index is -2.89. The fourth-order valence-electron chi connectivity index (χ4n) is 2.98. The number of hydrogen-bond acceptors (Lipinski definition) is 4. The second-order valence-corrected chi connectivity index (χ2v) is 6.41. The van der Waals surface area contributed by atoms with Gasteiger partial charge in [0, 0.05) is 5.69 Å². The van der Waals surface area contributed by atoms with Crippen LogP contribution >= 0.6 is 0 Å². The number of anilines is 1. The number of hydrogen-bond donors (Lipinski definition) is 2. The van der Waals surface area contributed by atoms with Crippen LogP contribution in [-0.2, 0) is 4.79 Å². The molecule has 0 saturated carbocycles. The summed E-state index contributed by atoms with van der Waals surface area (Å²) in [6.45, 7) is -2.88. The normalized spacial score (nSPS) is 11.5. The molecule has 3 aromatic rings. The van der Waals surface area contributed by atoms with Crippen LogP contribution in [0.15, 0.2) is 78.9 Å². The summed E-state index contributed by atoms with van der Waals surface area (Å²) in [5, 5.41) is 14.9. The Bertz CT molecular complexity index is 1020. The Morgan fingerprint density at radius 1 is 0.967 bits per heavy atom. The zero-order chi connectivity index (χ0) is 21.3.